The minimum absolute atomic E-state index is 0.718. The molecule has 0 saturated heterocycles. The molecule has 0 aliphatic carbocycles. The zero-order chi connectivity index (χ0) is 9.68. The van der Waals surface area contributed by atoms with Gasteiger partial charge in [-0.1, -0.05) is 19.4 Å². The molecule has 0 aromatic carbocycles. The Morgan fingerprint density at radius 3 is 2.85 bits per heavy atom. The van der Waals surface area contributed by atoms with Crippen molar-refractivity contribution in [2.75, 3.05) is 18.5 Å². The molecule has 0 spiro atoms. The third-order valence-electron chi connectivity index (χ3n) is 2.04. The number of hydrogen-bond acceptors (Lipinski definition) is 2. The van der Waals surface area contributed by atoms with Crippen LogP contribution in [0, 0.1) is 5.21 Å². The van der Waals surface area contributed by atoms with Crippen molar-refractivity contribution >= 4 is 5.82 Å². The summed E-state index contributed by atoms with van der Waals surface area (Å²) in [6, 6.07) is 5.46. The largest absolute Gasteiger partial charge is 0.711 e. The van der Waals surface area contributed by atoms with Crippen molar-refractivity contribution in [1.29, 1.82) is 0 Å². The first-order valence-electron chi connectivity index (χ1n) is 4.65. The highest BCUT2D eigenvalue weighted by atomic mass is 16.5. The first kappa shape index (κ1) is 9.84. The highest BCUT2D eigenvalue weighted by Gasteiger charge is 2.08. The van der Waals surface area contributed by atoms with Crippen molar-refractivity contribution in [1.82, 2.24) is 0 Å². The maximum Gasteiger partial charge on any atom is 0.279 e. The summed E-state index contributed by atoms with van der Waals surface area (Å²) >= 11 is 0. The summed E-state index contributed by atoms with van der Waals surface area (Å²) in [6.07, 6.45) is 3.79. The van der Waals surface area contributed by atoms with Crippen molar-refractivity contribution < 1.29 is 4.73 Å². The maximum atomic E-state index is 11.3. The van der Waals surface area contributed by atoms with Gasteiger partial charge in [-0.15, -0.1) is 0 Å². The van der Waals surface area contributed by atoms with Crippen molar-refractivity contribution in [3.63, 3.8) is 0 Å². The summed E-state index contributed by atoms with van der Waals surface area (Å²) in [6.45, 7) is 3.08. The van der Waals surface area contributed by atoms with Gasteiger partial charge < -0.3 is 5.21 Å². The highest BCUT2D eigenvalue weighted by molar-refractivity contribution is 5.30. The lowest BCUT2D eigenvalue weighted by Crippen LogP contribution is -2.35. The van der Waals surface area contributed by atoms with Gasteiger partial charge in [0.25, 0.3) is 5.82 Å². The molecule has 1 heterocycles. The van der Waals surface area contributed by atoms with E-state index in [9.17, 15) is 5.21 Å². The number of aromatic nitrogens is 1. The lowest BCUT2D eigenvalue weighted by atomic mass is 10.3. The number of unbranched alkanes of at least 4 members (excludes halogenated alkanes) is 1. The van der Waals surface area contributed by atoms with Crippen molar-refractivity contribution in [2.45, 2.75) is 19.8 Å². The van der Waals surface area contributed by atoms with Crippen LogP contribution in [-0.2, 0) is 0 Å². The molecule has 0 unspecified atom stereocenters. The van der Waals surface area contributed by atoms with E-state index in [0.29, 0.717) is 0 Å². The second kappa shape index (κ2) is 4.70. The fourth-order valence-electron chi connectivity index (χ4n) is 1.22. The molecule has 0 bridgehead atoms. The Labute approximate surface area is 79.2 Å². The molecule has 1 aromatic rings. The second-order valence-corrected chi connectivity index (χ2v) is 3.16. The van der Waals surface area contributed by atoms with Crippen LogP contribution in [0.4, 0.5) is 5.82 Å². The van der Waals surface area contributed by atoms with Crippen LogP contribution >= 0.6 is 0 Å². The van der Waals surface area contributed by atoms with Crippen LogP contribution in [0.25, 0.3) is 0 Å². The van der Waals surface area contributed by atoms with E-state index in [4.69, 9.17) is 0 Å². The molecule has 3 heteroatoms. The van der Waals surface area contributed by atoms with Crippen molar-refractivity contribution in [3.8, 4) is 0 Å². The van der Waals surface area contributed by atoms with Gasteiger partial charge in [0.1, 0.15) is 0 Å². The molecule has 0 saturated carbocycles. The third kappa shape index (κ3) is 2.61. The molecule has 0 fully saturated rings. The predicted molar refractivity (Wildman–Crippen MR) is 53.6 cm³/mol. The normalized spacial score (nSPS) is 10.0. The van der Waals surface area contributed by atoms with Gasteiger partial charge in [0.2, 0.25) is 0 Å². The molecule has 3 nitrogen and oxygen atoms in total. The second-order valence-electron chi connectivity index (χ2n) is 3.16. The first-order chi connectivity index (χ1) is 6.25. The summed E-state index contributed by atoms with van der Waals surface area (Å²) in [5, 5.41) is 11.3. The van der Waals surface area contributed by atoms with Gasteiger partial charge in [0.15, 0.2) is 0 Å². The molecule has 0 amide bonds. The summed E-state index contributed by atoms with van der Waals surface area (Å²) in [7, 11) is 1.94. The summed E-state index contributed by atoms with van der Waals surface area (Å²) in [4.78, 5) is 1.98. The van der Waals surface area contributed by atoms with Crippen LogP contribution in [0.1, 0.15) is 19.8 Å². The van der Waals surface area contributed by atoms with Crippen LogP contribution in [0.2, 0.25) is 0 Å². The number of nitrogens with zero attached hydrogens (tertiary/aromatic N) is 2. The topological polar surface area (TPSA) is 30.2 Å². The standard InChI is InChI=1S/C10H16N2O/c1-3-4-8-11(2)10-7-5-6-9-12(10)13/h5-7,9H,3-4,8H2,1-2H3. The number of rotatable bonds is 4. The Hall–Kier alpha value is -1.25. The Kier molecular flexibility index (Phi) is 3.55. The van der Waals surface area contributed by atoms with Crippen molar-refractivity contribution in [3.05, 3.63) is 29.6 Å². The van der Waals surface area contributed by atoms with E-state index in [-0.39, 0.29) is 0 Å². The Bertz CT molecular complexity index is 263. The van der Waals surface area contributed by atoms with Crippen LogP contribution in [-0.4, -0.2) is 13.6 Å². The molecule has 0 N–H and O–H groups in total. The van der Waals surface area contributed by atoms with Gasteiger partial charge in [-0.05, 0) is 12.5 Å². The van der Waals surface area contributed by atoms with Crippen LogP contribution < -0.4 is 9.63 Å². The smallest absolute Gasteiger partial charge is 0.279 e. The Balaban J connectivity index is 2.65. The van der Waals surface area contributed by atoms with E-state index < -0.39 is 0 Å². The number of anilines is 1. The summed E-state index contributed by atoms with van der Waals surface area (Å²) in [5.41, 5.74) is 0. The molecule has 1 aromatic heterocycles. The number of hydrogen-bond donors (Lipinski definition) is 0. The van der Waals surface area contributed by atoms with Crippen LogP contribution in [0.15, 0.2) is 24.4 Å². The van der Waals surface area contributed by atoms with E-state index in [0.717, 1.165) is 29.9 Å². The number of pyridine rings is 1. The average molecular weight is 180 g/mol. The molecule has 0 atom stereocenters. The fourth-order valence-corrected chi connectivity index (χ4v) is 1.22. The van der Waals surface area contributed by atoms with E-state index in [1.807, 2.05) is 24.1 Å². The summed E-state index contributed by atoms with van der Waals surface area (Å²) < 4.78 is 0.898. The molecule has 72 valence electrons. The molecule has 1 rings (SSSR count). The lowest BCUT2D eigenvalue weighted by Gasteiger charge is -2.15. The van der Waals surface area contributed by atoms with E-state index in [1.54, 1.807) is 6.07 Å². The van der Waals surface area contributed by atoms with Crippen LogP contribution in [0.5, 0.6) is 0 Å². The molecule has 0 radical (unpaired) electrons. The van der Waals surface area contributed by atoms with Gasteiger partial charge in [-0.25, -0.2) is 4.73 Å². The third-order valence-corrected chi connectivity index (χ3v) is 2.04. The minimum atomic E-state index is 0.718. The first-order valence-corrected chi connectivity index (χ1v) is 4.65. The van der Waals surface area contributed by atoms with Crippen LogP contribution in [0.3, 0.4) is 0 Å². The Morgan fingerprint density at radius 2 is 2.23 bits per heavy atom. The fraction of sp³-hybridized carbons (Fsp3) is 0.500. The monoisotopic (exact) mass is 180 g/mol. The Morgan fingerprint density at radius 1 is 1.46 bits per heavy atom. The SMILES string of the molecule is CCCCN(C)c1cccc[n+]1[O-]. The van der Waals surface area contributed by atoms with E-state index >= 15 is 0 Å². The van der Waals surface area contributed by atoms with Gasteiger partial charge >= 0.3 is 0 Å². The van der Waals surface area contributed by atoms with Gasteiger partial charge in [0.05, 0.1) is 19.8 Å². The molecule has 0 aliphatic rings. The molecule has 0 aliphatic heterocycles. The summed E-state index contributed by atoms with van der Waals surface area (Å²) in [5.74, 6) is 0.718. The molecular weight excluding hydrogens is 164 g/mol. The van der Waals surface area contributed by atoms with E-state index in [1.165, 1.54) is 6.20 Å². The zero-order valence-corrected chi connectivity index (χ0v) is 8.23. The zero-order valence-electron chi connectivity index (χ0n) is 8.23. The lowest BCUT2D eigenvalue weighted by molar-refractivity contribution is -0.592. The quantitative estimate of drug-likeness (QED) is 0.520. The van der Waals surface area contributed by atoms with E-state index in [2.05, 4.69) is 6.92 Å². The average Bonchev–Trinajstić information content (AvgIpc) is 2.15. The maximum absolute atomic E-state index is 11.3. The highest BCUT2D eigenvalue weighted by Crippen LogP contribution is 2.05. The minimum Gasteiger partial charge on any atom is -0.711 e. The van der Waals surface area contributed by atoms with Crippen molar-refractivity contribution in [2.24, 2.45) is 0 Å². The van der Waals surface area contributed by atoms with Gasteiger partial charge in [0, 0.05) is 6.07 Å². The van der Waals surface area contributed by atoms with Gasteiger partial charge in [-0.3, -0.25) is 4.90 Å². The molecule has 13 heavy (non-hydrogen) atoms. The predicted octanol–water partition coefficient (Wildman–Crippen LogP) is 1.56. The van der Waals surface area contributed by atoms with Gasteiger partial charge in [-0.2, -0.15) is 0 Å². The molecular formula is C10H16N2O.